The molecule has 0 bridgehead atoms. The number of hydrogen-bond donors (Lipinski definition) is 1. The van der Waals surface area contributed by atoms with Gasteiger partial charge in [0.15, 0.2) is 11.0 Å². The Bertz CT molecular complexity index is 807. The third-order valence-corrected chi connectivity index (χ3v) is 5.04. The molecule has 1 aliphatic heterocycles. The molecular formula is C18H20N4O2S. The lowest BCUT2D eigenvalue weighted by atomic mass is 9.88. The zero-order chi connectivity index (χ0) is 17.9. The van der Waals surface area contributed by atoms with E-state index < -0.39 is 0 Å². The molecule has 7 heteroatoms. The summed E-state index contributed by atoms with van der Waals surface area (Å²) < 4.78 is 4.91. The SMILES string of the molecule is COc1ncc(C(=O)Cc2cccc(C3(C)CCSC(N)=N3)c2)cn1. The summed E-state index contributed by atoms with van der Waals surface area (Å²) in [4.78, 5) is 25.0. The number of benzene rings is 1. The van der Waals surface area contributed by atoms with Crippen LogP contribution in [-0.2, 0) is 12.0 Å². The molecule has 130 valence electrons. The summed E-state index contributed by atoms with van der Waals surface area (Å²) in [5, 5.41) is 0.616. The molecule has 1 unspecified atom stereocenters. The number of amidine groups is 1. The molecule has 3 rings (SSSR count). The number of rotatable bonds is 5. The van der Waals surface area contributed by atoms with E-state index >= 15 is 0 Å². The van der Waals surface area contributed by atoms with E-state index in [1.165, 1.54) is 19.5 Å². The van der Waals surface area contributed by atoms with Gasteiger partial charge in [-0.3, -0.25) is 9.79 Å². The Morgan fingerprint density at radius 3 is 2.80 bits per heavy atom. The summed E-state index contributed by atoms with van der Waals surface area (Å²) in [7, 11) is 1.49. The number of methoxy groups -OCH3 is 1. The lowest BCUT2D eigenvalue weighted by molar-refractivity contribution is 0.0992. The van der Waals surface area contributed by atoms with Crippen LogP contribution in [0.3, 0.4) is 0 Å². The fraction of sp³-hybridized carbons (Fsp3) is 0.333. The predicted octanol–water partition coefficient (Wildman–Crippen LogP) is 2.58. The minimum Gasteiger partial charge on any atom is -0.467 e. The van der Waals surface area contributed by atoms with E-state index in [1.54, 1.807) is 11.8 Å². The summed E-state index contributed by atoms with van der Waals surface area (Å²) >= 11 is 1.58. The van der Waals surface area contributed by atoms with Gasteiger partial charge in [0, 0.05) is 24.6 Å². The van der Waals surface area contributed by atoms with Crippen molar-refractivity contribution < 1.29 is 9.53 Å². The molecule has 1 atom stereocenters. The Balaban J connectivity index is 1.79. The highest BCUT2D eigenvalue weighted by molar-refractivity contribution is 8.13. The minimum atomic E-state index is -0.336. The molecular weight excluding hydrogens is 336 g/mol. The number of carbonyl (C=O) groups excluding carboxylic acids is 1. The van der Waals surface area contributed by atoms with E-state index in [0.29, 0.717) is 10.7 Å². The predicted molar refractivity (Wildman–Crippen MR) is 99.1 cm³/mol. The van der Waals surface area contributed by atoms with Crippen LogP contribution in [0.4, 0.5) is 0 Å². The number of aromatic nitrogens is 2. The molecule has 0 saturated carbocycles. The number of Topliss-reactive ketones (excluding diaryl/α,β-unsaturated/α-hetero) is 1. The van der Waals surface area contributed by atoms with E-state index in [4.69, 9.17) is 10.5 Å². The van der Waals surface area contributed by atoms with Gasteiger partial charge in [-0.15, -0.1) is 0 Å². The third-order valence-electron chi connectivity index (χ3n) is 4.24. The molecule has 0 saturated heterocycles. The van der Waals surface area contributed by atoms with Crippen LogP contribution in [0.1, 0.15) is 34.8 Å². The van der Waals surface area contributed by atoms with Crippen LogP contribution in [0.15, 0.2) is 41.7 Å². The molecule has 2 N–H and O–H groups in total. The first kappa shape index (κ1) is 17.4. The number of hydrogen-bond acceptors (Lipinski definition) is 7. The van der Waals surface area contributed by atoms with Crippen LogP contribution >= 0.6 is 11.8 Å². The van der Waals surface area contributed by atoms with Gasteiger partial charge in [0.05, 0.1) is 18.2 Å². The average Bonchev–Trinajstić information content (AvgIpc) is 2.62. The topological polar surface area (TPSA) is 90.5 Å². The lowest BCUT2D eigenvalue weighted by Gasteiger charge is -2.30. The second-order valence-corrected chi connectivity index (χ2v) is 7.20. The zero-order valence-corrected chi connectivity index (χ0v) is 15.0. The third kappa shape index (κ3) is 3.99. The van der Waals surface area contributed by atoms with Gasteiger partial charge in [0.1, 0.15) is 0 Å². The van der Waals surface area contributed by atoms with Gasteiger partial charge in [0.2, 0.25) is 0 Å². The number of ether oxygens (including phenoxy) is 1. The van der Waals surface area contributed by atoms with Crippen LogP contribution in [0, 0.1) is 0 Å². The van der Waals surface area contributed by atoms with Crippen molar-refractivity contribution >= 4 is 22.7 Å². The van der Waals surface area contributed by atoms with Gasteiger partial charge in [-0.1, -0.05) is 36.0 Å². The zero-order valence-electron chi connectivity index (χ0n) is 14.2. The van der Waals surface area contributed by atoms with Crippen molar-refractivity contribution in [1.29, 1.82) is 0 Å². The van der Waals surface area contributed by atoms with E-state index in [0.717, 1.165) is 23.3 Å². The van der Waals surface area contributed by atoms with Crippen LogP contribution in [0.25, 0.3) is 0 Å². The Labute approximate surface area is 150 Å². The highest BCUT2D eigenvalue weighted by atomic mass is 32.2. The van der Waals surface area contributed by atoms with Gasteiger partial charge in [-0.2, -0.15) is 0 Å². The van der Waals surface area contributed by atoms with Crippen LogP contribution in [0.2, 0.25) is 0 Å². The maximum Gasteiger partial charge on any atom is 0.316 e. The molecule has 25 heavy (non-hydrogen) atoms. The van der Waals surface area contributed by atoms with Crippen LogP contribution in [-0.4, -0.2) is 33.8 Å². The van der Waals surface area contributed by atoms with Crippen molar-refractivity contribution in [3.63, 3.8) is 0 Å². The summed E-state index contributed by atoms with van der Waals surface area (Å²) in [6, 6.07) is 8.23. The van der Waals surface area contributed by atoms with Crippen molar-refractivity contribution in [2.75, 3.05) is 12.9 Å². The van der Waals surface area contributed by atoms with E-state index in [1.807, 2.05) is 24.3 Å². The quantitative estimate of drug-likeness (QED) is 0.828. The molecule has 0 amide bonds. The van der Waals surface area contributed by atoms with Gasteiger partial charge in [0.25, 0.3) is 0 Å². The second-order valence-electron chi connectivity index (χ2n) is 6.08. The van der Waals surface area contributed by atoms with Crippen molar-refractivity contribution in [2.45, 2.75) is 25.3 Å². The van der Waals surface area contributed by atoms with E-state index in [2.05, 4.69) is 21.9 Å². The van der Waals surface area contributed by atoms with Crippen molar-refractivity contribution in [3.8, 4) is 6.01 Å². The molecule has 0 aliphatic carbocycles. The summed E-state index contributed by atoms with van der Waals surface area (Å²) in [6.45, 7) is 2.08. The van der Waals surface area contributed by atoms with Gasteiger partial charge >= 0.3 is 6.01 Å². The number of nitrogens with zero attached hydrogens (tertiary/aromatic N) is 3. The average molecular weight is 356 g/mol. The monoisotopic (exact) mass is 356 g/mol. The number of nitrogens with two attached hydrogens (primary N) is 1. The largest absolute Gasteiger partial charge is 0.467 e. The molecule has 0 spiro atoms. The smallest absolute Gasteiger partial charge is 0.316 e. The summed E-state index contributed by atoms with van der Waals surface area (Å²) in [6.07, 6.45) is 4.18. The van der Waals surface area contributed by atoms with Crippen LogP contribution in [0.5, 0.6) is 6.01 Å². The minimum absolute atomic E-state index is 0.0350. The highest BCUT2D eigenvalue weighted by Crippen LogP contribution is 2.35. The first-order valence-corrected chi connectivity index (χ1v) is 8.95. The Morgan fingerprint density at radius 2 is 2.12 bits per heavy atom. The molecule has 0 fully saturated rings. The fourth-order valence-corrected chi connectivity index (χ4v) is 3.74. The molecule has 2 aromatic rings. The van der Waals surface area contributed by atoms with E-state index in [9.17, 15) is 4.79 Å². The highest BCUT2D eigenvalue weighted by Gasteiger charge is 2.29. The van der Waals surface area contributed by atoms with Crippen molar-refractivity contribution in [1.82, 2.24) is 9.97 Å². The first-order chi connectivity index (χ1) is 12.0. The summed E-state index contributed by atoms with van der Waals surface area (Å²) in [5.41, 5.74) is 8.04. The Kier molecular flexibility index (Phi) is 5.03. The fourth-order valence-electron chi connectivity index (χ4n) is 2.76. The normalized spacial score (nSPS) is 20.0. The van der Waals surface area contributed by atoms with Crippen molar-refractivity contribution in [3.05, 3.63) is 53.3 Å². The molecule has 2 heterocycles. The molecule has 6 nitrogen and oxygen atoms in total. The Hall–Kier alpha value is -2.41. The lowest BCUT2D eigenvalue weighted by Crippen LogP contribution is -2.28. The van der Waals surface area contributed by atoms with Gasteiger partial charge in [-0.25, -0.2) is 9.97 Å². The standard InChI is InChI=1S/C18H20N4O2S/c1-18(6-7-25-16(19)22-18)14-5-3-4-12(8-14)9-15(23)13-10-20-17(24-2)21-11-13/h3-5,8,10-11H,6-7,9H2,1-2H3,(H2,19,22). The molecule has 1 aliphatic rings. The molecule has 1 aromatic heterocycles. The van der Waals surface area contributed by atoms with Crippen molar-refractivity contribution in [2.24, 2.45) is 10.7 Å². The maximum absolute atomic E-state index is 12.5. The first-order valence-electron chi connectivity index (χ1n) is 7.97. The number of thioether (sulfide) groups is 1. The van der Waals surface area contributed by atoms with E-state index in [-0.39, 0.29) is 23.8 Å². The maximum atomic E-state index is 12.5. The number of carbonyl (C=O) groups is 1. The second kappa shape index (κ2) is 7.23. The Morgan fingerprint density at radius 1 is 1.36 bits per heavy atom. The van der Waals surface area contributed by atoms with Gasteiger partial charge in [-0.05, 0) is 24.5 Å². The molecule has 0 radical (unpaired) electrons. The van der Waals surface area contributed by atoms with Crippen LogP contribution < -0.4 is 10.5 Å². The summed E-state index contributed by atoms with van der Waals surface area (Å²) in [5.74, 6) is 0.908. The van der Waals surface area contributed by atoms with Gasteiger partial charge < -0.3 is 10.5 Å². The molecule has 1 aromatic carbocycles. The number of ketones is 1. The number of aliphatic imine (C=N–C) groups is 1.